The molecular weight excluding hydrogens is 636 g/mol. The molecule has 115 valence electrons. The van der Waals surface area contributed by atoms with Crippen LogP contribution < -0.4 is 0 Å². The van der Waals surface area contributed by atoms with Gasteiger partial charge in [-0.15, -0.1) is 0 Å². The summed E-state index contributed by atoms with van der Waals surface area (Å²) in [6.07, 6.45) is 0. The molecule has 0 bridgehead atoms. The van der Waals surface area contributed by atoms with Gasteiger partial charge in [-0.25, -0.2) is 0 Å². The van der Waals surface area contributed by atoms with Gasteiger partial charge < -0.3 is 60.3 Å². The number of rotatable bonds is 0. The minimum Gasteiger partial charge on any atom is -0.402 e. The van der Waals surface area contributed by atoms with Crippen LogP contribution in [-0.2, 0) is 78.6 Å². The van der Waals surface area contributed by atoms with Gasteiger partial charge >= 0.3 is 29.3 Å². The smallest absolute Gasteiger partial charge is 0.402 e. The van der Waals surface area contributed by atoms with Crippen LogP contribution in [0, 0.1) is 0 Å². The Kier molecular flexibility index (Phi) is 107. The van der Waals surface area contributed by atoms with Crippen LogP contribution in [0.25, 0.3) is 0 Å². The maximum atomic E-state index is 7.17. The van der Waals surface area contributed by atoms with Crippen molar-refractivity contribution in [3.8, 4) is 0 Å². The van der Waals surface area contributed by atoms with Crippen LogP contribution in [0.1, 0.15) is 0 Å². The monoisotopic (exact) mass is 645 g/mol. The number of halogens is 1. The predicted octanol–water partition coefficient (Wildman–Crippen LogP) is -7.33. The zero-order valence-corrected chi connectivity index (χ0v) is 19.1. The van der Waals surface area contributed by atoms with E-state index in [1.807, 2.05) is 0 Å². The topological polar surface area (TPSA) is 243 Å². The van der Waals surface area contributed by atoms with Gasteiger partial charge in [-0.3, -0.25) is 0 Å². The molecule has 20 heavy (non-hydrogen) atoms. The van der Waals surface area contributed by atoms with E-state index in [1.54, 1.807) is 0 Å². The molecule has 20 heteroatoms. The third kappa shape index (κ3) is 862. The first-order valence-corrected chi connectivity index (χ1v) is 3.10. The molecule has 0 atom stereocenters. The Morgan fingerprint density at radius 1 is 0.300 bits per heavy atom. The van der Waals surface area contributed by atoms with E-state index in [4.69, 9.17) is 60.3 Å². The fourth-order valence-corrected chi connectivity index (χ4v) is 0. The summed E-state index contributed by atoms with van der Waals surface area (Å²) >= 11 is 0. The van der Waals surface area contributed by atoms with Gasteiger partial charge in [0.25, 0.3) is 0 Å². The molecule has 12 N–H and O–H groups in total. The van der Waals surface area contributed by atoms with Crippen molar-refractivity contribution in [2.45, 2.75) is 0 Å². The summed E-state index contributed by atoms with van der Waals surface area (Å²) in [4.78, 5) is 0. The van der Waals surface area contributed by atoms with Gasteiger partial charge in [0.05, 0.1) is 0 Å². The van der Waals surface area contributed by atoms with E-state index in [9.17, 15) is 0 Å². The molecule has 0 rings (SSSR count). The minimum atomic E-state index is -2.17. The van der Waals surface area contributed by atoms with E-state index < -0.39 is 29.3 Å². The maximum absolute atomic E-state index is 7.17. The Hall–Kier alpha value is 3.16. The fourth-order valence-electron chi connectivity index (χ4n) is 0. The second-order valence-electron chi connectivity index (χ2n) is 1.39. The average molecular weight is 648 g/mol. The Labute approximate surface area is 190 Å². The molecule has 0 aromatic carbocycles. The molecule has 12 nitrogen and oxygen atoms in total. The summed E-state index contributed by atoms with van der Waals surface area (Å²) in [6, 6.07) is 0. The van der Waals surface area contributed by atoms with E-state index in [-0.39, 0.29) is 103 Å². The van der Waals surface area contributed by atoms with Crippen LogP contribution in [-0.4, -0.2) is 89.6 Å². The van der Waals surface area contributed by atoms with Crippen molar-refractivity contribution in [1.82, 2.24) is 0 Å². The van der Waals surface area contributed by atoms with Crippen molar-refractivity contribution in [1.29, 1.82) is 0 Å². The van der Waals surface area contributed by atoms with Gasteiger partial charge in [0.2, 0.25) is 0 Å². The average Bonchev–Trinajstić information content (AvgIpc) is 1.76. The standard InChI is InChI=1S/4BH3O3.I.3Zr/c4*2-1(3)4;;;;/h4*2-4H;;;;. The second-order valence-corrected chi connectivity index (χ2v) is 1.39. The molecular formula is H12B4IO12Zr3. The zero-order chi connectivity index (χ0) is 14.3. The largest absolute Gasteiger partial charge is 0.631 e. The Bertz CT molecular complexity index is 73.7. The molecule has 0 aliphatic heterocycles. The first kappa shape index (κ1) is 49.5. The summed E-state index contributed by atoms with van der Waals surface area (Å²) in [5.74, 6) is 0. The molecule has 0 aromatic rings. The van der Waals surface area contributed by atoms with Crippen LogP contribution in [0.15, 0.2) is 0 Å². The molecule has 0 fully saturated rings. The summed E-state index contributed by atoms with van der Waals surface area (Å²) in [5, 5.41) is 86.0. The normalized spacial score (nSPS) is 5.40. The summed E-state index contributed by atoms with van der Waals surface area (Å²) < 4.78 is 0. The van der Waals surface area contributed by atoms with Crippen molar-refractivity contribution < 1.29 is 139 Å². The van der Waals surface area contributed by atoms with E-state index in [1.165, 1.54) is 0 Å². The molecule has 0 heterocycles. The molecule has 0 saturated heterocycles. The first-order chi connectivity index (χ1) is 6.93. The quantitative estimate of drug-likeness (QED) is 0.0867. The second kappa shape index (κ2) is 43.2. The van der Waals surface area contributed by atoms with Crippen LogP contribution in [0.5, 0.6) is 0 Å². The van der Waals surface area contributed by atoms with E-state index >= 15 is 0 Å². The van der Waals surface area contributed by atoms with Crippen molar-refractivity contribution in [2.75, 3.05) is 0 Å². The predicted molar refractivity (Wildman–Crippen MR) is 63.7 cm³/mol. The molecule has 1 radical (unpaired) electrons. The van der Waals surface area contributed by atoms with Crippen LogP contribution >= 0.6 is 24.0 Å². The molecule has 0 amide bonds. The molecule has 0 saturated carbocycles. The Morgan fingerprint density at radius 3 is 0.300 bits per heavy atom. The summed E-state index contributed by atoms with van der Waals surface area (Å²) in [5.41, 5.74) is 0. The zero-order valence-electron chi connectivity index (χ0n) is 9.55. The van der Waals surface area contributed by atoms with Crippen molar-refractivity contribution in [3.05, 3.63) is 0 Å². The Morgan fingerprint density at radius 2 is 0.300 bits per heavy atom. The molecule has 0 aliphatic rings. The maximum Gasteiger partial charge on any atom is 0.631 e. The molecule has 0 unspecified atom stereocenters. The van der Waals surface area contributed by atoms with E-state index in [0.29, 0.717) is 0 Å². The van der Waals surface area contributed by atoms with Gasteiger partial charge in [-0.1, -0.05) is 0 Å². The van der Waals surface area contributed by atoms with E-state index in [0.717, 1.165) is 0 Å². The van der Waals surface area contributed by atoms with Crippen molar-refractivity contribution in [3.63, 3.8) is 0 Å². The number of hydrogen-bond donors (Lipinski definition) is 12. The molecule has 0 spiro atoms. The number of hydrogen-bond acceptors (Lipinski definition) is 12. The van der Waals surface area contributed by atoms with Crippen molar-refractivity contribution >= 4 is 53.3 Å². The molecule has 0 aliphatic carbocycles. The van der Waals surface area contributed by atoms with Gasteiger partial charge in [-0.05, 0) is 0 Å². The SMILES string of the molecule is OB(O)O.OB(O)O.OB(O)O.OB(O)O.[I].[Zr].[Zr].[Zr]. The Balaban J connectivity index is -0.0000000150. The van der Waals surface area contributed by atoms with Crippen molar-refractivity contribution in [2.24, 2.45) is 0 Å². The fraction of sp³-hybridized carbons (Fsp3) is 0. The van der Waals surface area contributed by atoms with Gasteiger partial charge in [0.1, 0.15) is 0 Å². The van der Waals surface area contributed by atoms with Crippen LogP contribution in [0.2, 0.25) is 0 Å². The summed E-state index contributed by atoms with van der Waals surface area (Å²) in [7, 11) is -8.67. The summed E-state index contributed by atoms with van der Waals surface area (Å²) in [6.45, 7) is 0. The minimum absolute atomic E-state index is 0. The third-order valence-corrected chi connectivity index (χ3v) is 0. The van der Waals surface area contributed by atoms with Crippen LogP contribution in [0.3, 0.4) is 0 Å². The van der Waals surface area contributed by atoms with Crippen LogP contribution in [0.4, 0.5) is 0 Å². The van der Waals surface area contributed by atoms with Gasteiger partial charge in [0, 0.05) is 103 Å². The third-order valence-electron chi connectivity index (χ3n) is 0. The van der Waals surface area contributed by atoms with Gasteiger partial charge in [-0.2, -0.15) is 0 Å². The van der Waals surface area contributed by atoms with Gasteiger partial charge in [0.15, 0.2) is 0 Å². The molecule has 0 aromatic heterocycles. The first-order valence-electron chi connectivity index (χ1n) is 3.10. The van der Waals surface area contributed by atoms with E-state index in [2.05, 4.69) is 0 Å².